The van der Waals surface area contributed by atoms with Crippen LogP contribution < -0.4 is 5.73 Å². The third-order valence-electron chi connectivity index (χ3n) is 3.30. The SMILES string of the molecule is Cc1cccc(-n2nnnc2SCc2nccc(N)n2)c1C. The fourth-order valence-electron chi connectivity index (χ4n) is 2.00. The number of hydrogen-bond donors (Lipinski definition) is 1. The van der Waals surface area contributed by atoms with Gasteiger partial charge in [0.25, 0.3) is 0 Å². The van der Waals surface area contributed by atoms with Gasteiger partial charge in [-0.05, 0) is 47.5 Å². The Kier molecular flexibility index (Phi) is 4.01. The van der Waals surface area contributed by atoms with E-state index in [0.29, 0.717) is 22.6 Å². The van der Waals surface area contributed by atoms with Crippen LogP contribution in [0.2, 0.25) is 0 Å². The van der Waals surface area contributed by atoms with Crippen LogP contribution in [0, 0.1) is 13.8 Å². The first-order chi connectivity index (χ1) is 10.6. The van der Waals surface area contributed by atoms with E-state index >= 15 is 0 Å². The van der Waals surface area contributed by atoms with Gasteiger partial charge in [-0.2, -0.15) is 4.68 Å². The van der Waals surface area contributed by atoms with Crippen molar-refractivity contribution in [3.63, 3.8) is 0 Å². The molecule has 2 aromatic heterocycles. The van der Waals surface area contributed by atoms with E-state index in [2.05, 4.69) is 45.4 Å². The molecule has 3 aromatic rings. The van der Waals surface area contributed by atoms with Gasteiger partial charge >= 0.3 is 0 Å². The molecule has 2 heterocycles. The number of aromatic nitrogens is 6. The number of nitrogens with two attached hydrogens (primary N) is 1. The van der Waals surface area contributed by atoms with Crippen LogP contribution in [-0.2, 0) is 5.75 Å². The highest BCUT2D eigenvalue weighted by Gasteiger charge is 2.12. The third-order valence-corrected chi connectivity index (χ3v) is 4.22. The van der Waals surface area contributed by atoms with Gasteiger partial charge in [-0.1, -0.05) is 23.9 Å². The summed E-state index contributed by atoms with van der Waals surface area (Å²) < 4.78 is 1.74. The Labute approximate surface area is 132 Å². The van der Waals surface area contributed by atoms with Gasteiger partial charge in [-0.25, -0.2) is 9.97 Å². The number of tetrazole rings is 1. The van der Waals surface area contributed by atoms with Crippen molar-refractivity contribution in [2.45, 2.75) is 24.8 Å². The Morgan fingerprint density at radius 1 is 1.23 bits per heavy atom. The molecule has 0 bridgehead atoms. The van der Waals surface area contributed by atoms with Gasteiger partial charge in [0.05, 0.1) is 11.4 Å². The fourth-order valence-corrected chi connectivity index (χ4v) is 2.75. The van der Waals surface area contributed by atoms with E-state index in [0.717, 1.165) is 11.3 Å². The molecule has 0 aliphatic carbocycles. The first-order valence-corrected chi connectivity index (χ1v) is 7.69. The molecule has 3 rings (SSSR count). The van der Waals surface area contributed by atoms with Crippen LogP contribution >= 0.6 is 11.8 Å². The standard InChI is InChI=1S/C14H15N7S/c1-9-4-3-5-11(10(9)2)21-14(18-19-20-21)22-8-13-16-7-6-12(15)17-13/h3-7H,8H2,1-2H3,(H2,15,16,17). The zero-order valence-corrected chi connectivity index (χ0v) is 13.1. The van der Waals surface area contributed by atoms with Crippen LogP contribution in [0.1, 0.15) is 17.0 Å². The molecule has 0 saturated heterocycles. The van der Waals surface area contributed by atoms with Crippen molar-refractivity contribution in [1.82, 2.24) is 30.2 Å². The highest BCUT2D eigenvalue weighted by Crippen LogP contribution is 2.24. The molecule has 7 nitrogen and oxygen atoms in total. The molecule has 112 valence electrons. The lowest BCUT2D eigenvalue weighted by Crippen LogP contribution is -2.03. The average Bonchev–Trinajstić information content (AvgIpc) is 2.96. The molecule has 0 spiro atoms. The lowest BCUT2D eigenvalue weighted by molar-refractivity contribution is 0.750. The summed E-state index contributed by atoms with van der Waals surface area (Å²) in [6, 6.07) is 7.72. The van der Waals surface area contributed by atoms with Crippen molar-refractivity contribution < 1.29 is 0 Å². The van der Waals surface area contributed by atoms with E-state index in [1.165, 1.54) is 17.3 Å². The molecular weight excluding hydrogens is 298 g/mol. The summed E-state index contributed by atoms with van der Waals surface area (Å²) in [5.74, 6) is 1.66. The first-order valence-electron chi connectivity index (χ1n) is 6.70. The van der Waals surface area contributed by atoms with Crippen molar-refractivity contribution in [3.05, 3.63) is 47.4 Å². The van der Waals surface area contributed by atoms with Crippen molar-refractivity contribution >= 4 is 17.6 Å². The maximum Gasteiger partial charge on any atom is 0.214 e. The highest BCUT2D eigenvalue weighted by atomic mass is 32.2. The number of thioether (sulfide) groups is 1. The minimum atomic E-state index is 0.458. The topological polar surface area (TPSA) is 95.4 Å². The molecule has 0 unspecified atom stereocenters. The van der Waals surface area contributed by atoms with Crippen LogP contribution in [0.5, 0.6) is 0 Å². The van der Waals surface area contributed by atoms with Crippen molar-refractivity contribution in [2.24, 2.45) is 0 Å². The molecule has 0 radical (unpaired) electrons. The highest BCUT2D eigenvalue weighted by molar-refractivity contribution is 7.98. The molecule has 0 saturated carbocycles. The van der Waals surface area contributed by atoms with Gasteiger partial charge in [0.15, 0.2) is 0 Å². The molecule has 0 aliphatic rings. The lowest BCUT2D eigenvalue weighted by Gasteiger charge is -2.09. The number of benzene rings is 1. The molecule has 0 fully saturated rings. The number of rotatable bonds is 4. The van der Waals surface area contributed by atoms with Crippen LogP contribution in [0.25, 0.3) is 5.69 Å². The quantitative estimate of drug-likeness (QED) is 0.735. The molecule has 0 atom stereocenters. The fraction of sp³-hybridized carbons (Fsp3) is 0.214. The van der Waals surface area contributed by atoms with Gasteiger partial charge in [0, 0.05) is 6.20 Å². The van der Waals surface area contributed by atoms with Crippen LogP contribution in [0.3, 0.4) is 0 Å². The van der Waals surface area contributed by atoms with Crippen molar-refractivity contribution in [1.29, 1.82) is 0 Å². The Hall–Kier alpha value is -2.48. The first kappa shape index (κ1) is 14.5. The second-order valence-corrected chi connectivity index (χ2v) is 5.72. The van der Waals surface area contributed by atoms with E-state index in [4.69, 9.17) is 5.73 Å². The summed E-state index contributed by atoms with van der Waals surface area (Å²) >= 11 is 1.47. The molecular formula is C14H15N7S. The predicted octanol–water partition coefficient (Wildman–Crippen LogP) is 1.94. The predicted molar refractivity (Wildman–Crippen MR) is 84.6 cm³/mol. The third kappa shape index (κ3) is 2.91. The van der Waals surface area contributed by atoms with E-state index < -0.39 is 0 Å². The number of aryl methyl sites for hydroxylation is 1. The summed E-state index contributed by atoms with van der Waals surface area (Å²) in [6.45, 7) is 4.12. The largest absolute Gasteiger partial charge is 0.384 e. The van der Waals surface area contributed by atoms with Gasteiger partial charge in [-0.3, -0.25) is 0 Å². The van der Waals surface area contributed by atoms with Crippen LogP contribution in [-0.4, -0.2) is 30.2 Å². The second kappa shape index (κ2) is 6.10. The van der Waals surface area contributed by atoms with Gasteiger partial charge < -0.3 is 5.73 Å². The maximum absolute atomic E-state index is 5.66. The smallest absolute Gasteiger partial charge is 0.214 e. The Morgan fingerprint density at radius 2 is 2.09 bits per heavy atom. The van der Waals surface area contributed by atoms with E-state index in [1.54, 1.807) is 16.9 Å². The Morgan fingerprint density at radius 3 is 2.91 bits per heavy atom. The number of nitrogen functional groups attached to an aromatic ring is 1. The summed E-state index contributed by atoms with van der Waals surface area (Å²) in [5.41, 5.74) is 8.98. The Bertz CT molecular complexity index is 799. The summed E-state index contributed by atoms with van der Waals surface area (Å²) in [7, 11) is 0. The zero-order chi connectivity index (χ0) is 15.5. The minimum absolute atomic E-state index is 0.458. The summed E-state index contributed by atoms with van der Waals surface area (Å²) in [5, 5.41) is 12.6. The number of anilines is 1. The minimum Gasteiger partial charge on any atom is -0.384 e. The second-order valence-electron chi connectivity index (χ2n) is 4.78. The van der Waals surface area contributed by atoms with E-state index in [1.807, 2.05) is 12.1 Å². The van der Waals surface area contributed by atoms with E-state index in [-0.39, 0.29) is 0 Å². The molecule has 1 aromatic carbocycles. The van der Waals surface area contributed by atoms with Crippen LogP contribution in [0.4, 0.5) is 5.82 Å². The molecule has 0 aliphatic heterocycles. The maximum atomic E-state index is 5.66. The number of hydrogen-bond acceptors (Lipinski definition) is 7. The monoisotopic (exact) mass is 313 g/mol. The average molecular weight is 313 g/mol. The molecule has 0 amide bonds. The molecule has 8 heteroatoms. The lowest BCUT2D eigenvalue weighted by atomic mass is 10.1. The van der Waals surface area contributed by atoms with Crippen molar-refractivity contribution in [3.8, 4) is 5.69 Å². The van der Waals surface area contributed by atoms with Gasteiger partial charge in [-0.15, -0.1) is 5.10 Å². The van der Waals surface area contributed by atoms with Gasteiger partial charge in [0.1, 0.15) is 11.6 Å². The van der Waals surface area contributed by atoms with Gasteiger partial charge in [0.2, 0.25) is 5.16 Å². The molecule has 22 heavy (non-hydrogen) atoms. The zero-order valence-electron chi connectivity index (χ0n) is 12.3. The number of nitrogens with zero attached hydrogens (tertiary/aromatic N) is 6. The summed E-state index contributed by atoms with van der Waals surface area (Å²) in [6.07, 6.45) is 1.64. The normalized spacial score (nSPS) is 10.8. The molecule has 2 N–H and O–H groups in total. The van der Waals surface area contributed by atoms with E-state index in [9.17, 15) is 0 Å². The Balaban J connectivity index is 1.85. The van der Waals surface area contributed by atoms with Crippen LogP contribution in [0.15, 0.2) is 35.6 Å². The summed E-state index contributed by atoms with van der Waals surface area (Å²) in [4.78, 5) is 8.36. The van der Waals surface area contributed by atoms with Crippen molar-refractivity contribution in [2.75, 3.05) is 5.73 Å².